The van der Waals surface area contributed by atoms with Gasteiger partial charge in [0, 0.05) is 17.6 Å². The molecule has 39 heavy (non-hydrogen) atoms. The van der Waals surface area contributed by atoms with Crippen LogP contribution in [0.1, 0.15) is 42.5 Å². The lowest BCUT2D eigenvalue weighted by atomic mass is 10.1. The summed E-state index contributed by atoms with van der Waals surface area (Å²) >= 11 is 3.46. The molecule has 0 radical (unpaired) electrons. The van der Waals surface area contributed by atoms with Crippen LogP contribution in [-0.2, 0) is 26.2 Å². The Morgan fingerprint density at radius 1 is 0.949 bits per heavy atom. The topological polar surface area (TPSA) is 86.8 Å². The Hall–Kier alpha value is -3.17. The lowest BCUT2D eigenvalue weighted by Crippen LogP contribution is -2.51. The second-order valence-electron chi connectivity index (χ2n) is 9.71. The van der Waals surface area contributed by atoms with E-state index in [0.717, 1.165) is 37.5 Å². The van der Waals surface area contributed by atoms with E-state index in [0.29, 0.717) is 12.2 Å². The summed E-state index contributed by atoms with van der Waals surface area (Å²) in [4.78, 5) is 28.4. The van der Waals surface area contributed by atoms with E-state index in [9.17, 15) is 18.0 Å². The summed E-state index contributed by atoms with van der Waals surface area (Å²) in [5.74, 6) is -0.776. The van der Waals surface area contributed by atoms with Crippen molar-refractivity contribution in [2.24, 2.45) is 0 Å². The van der Waals surface area contributed by atoms with E-state index >= 15 is 0 Å². The molecule has 1 atom stereocenters. The summed E-state index contributed by atoms with van der Waals surface area (Å²) in [6, 6.07) is 18.5. The number of hydrogen-bond acceptors (Lipinski definition) is 4. The monoisotopic (exact) mass is 613 g/mol. The van der Waals surface area contributed by atoms with Crippen LogP contribution >= 0.6 is 15.9 Å². The first kappa shape index (κ1) is 30.4. The molecule has 3 aromatic carbocycles. The van der Waals surface area contributed by atoms with Crippen molar-refractivity contribution in [1.29, 1.82) is 0 Å². The molecule has 0 saturated carbocycles. The van der Waals surface area contributed by atoms with Gasteiger partial charge < -0.3 is 10.2 Å². The zero-order chi connectivity index (χ0) is 28.7. The number of carbonyl (C=O) groups is 2. The fraction of sp³-hybridized carbons (Fsp3) is 0.333. The van der Waals surface area contributed by atoms with Crippen molar-refractivity contribution < 1.29 is 18.0 Å². The number of halogens is 1. The lowest BCUT2D eigenvalue weighted by Gasteiger charge is -2.32. The van der Waals surface area contributed by atoms with Crippen molar-refractivity contribution in [2.45, 2.75) is 58.5 Å². The summed E-state index contributed by atoms with van der Waals surface area (Å²) in [5, 5.41) is 2.85. The third-order valence-corrected chi connectivity index (χ3v) is 8.91. The maximum Gasteiger partial charge on any atom is 0.264 e. The van der Waals surface area contributed by atoms with Crippen LogP contribution < -0.4 is 9.62 Å². The van der Waals surface area contributed by atoms with Crippen molar-refractivity contribution in [3.8, 4) is 0 Å². The first-order valence-corrected chi connectivity index (χ1v) is 15.2. The van der Waals surface area contributed by atoms with Gasteiger partial charge in [0.25, 0.3) is 10.0 Å². The molecule has 3 aromatic rings. The summed E-state index contributed by atoms with van der Waals surface area (Å²) in [7, 11) is -4.09. The molecule has 0 saturated heterocycles. The van der Waals surface area contributed by atoms with Crippen LogP contribution in [0.2, 0.25) is 0 Å². The number of hydrogen-bond donors (Lipinski definition) is 1. The fourth-order valence-electron chi connectivity index (χ4n) is 4.06. The van der Waals surface area contributed by atoms with Gasteiger partial charge in [-0.2, -0.15) is 0 Å². The molecule has 0 aliphatic carbocycles. The van der Waals surface area contributed by atoms with Gasteiger partial charge in [0.05, 0.1) is 10.6 Å². The molecule has 0 heterocycles. The van der Waals surface area contributed by atoms with E-state index in [1.165, 1.54) is 4.90 Å². The van der Waals surface area contributed by atoms with E-state index in [4.69, 9.17) is 0 Å². The highest BCUT2D eigenvalue weighted by molar-refractivity contribution is 9.10. The SMILES string of the molecule is CCCNC(=O)C(C)N(Cc1cccc(Br)c1)C(=O)CN(c1ccc(C)c(C)c1)S(=O)(=O)c1ccc(C)cc1. The zero-order valence-electron chi connectivity index (χ0n) is 23.1. The fourth-order valence-corrected chi connectivity index (χ4v) is 5.91. The highest BCUT2D eigenvalue weighted by Gasteiger charge is 2.32. The zero-order valence-corrected chi connectivity index (χ0v) is 25.5. The molecule has 2 amide bonds. The van der Waals surface area contributed by atoms with Gasteiger partial charge in [-0.15, -0.1) is 0 Å². The molecule has 1 unspecified atom stereocenters. The van der Waals surface area contributed by atoms with Crippen LogP contribution in [0.5, 0.6) is 0 Å². The van der Waals surface area contributed by atoms with Crippen molar-refractivity contribution in [3.05, 3.63) is 93.5 Å². The van der Waals surface area contributed by atoms with Crippen molar-refractivity contribution >= 4 is 43.5 Å². The minimum absolute atomic E-state index is 0.0893. The lowest BCUT2D eigenvalue weighted by molar-refractivity contribution is -0.139. The molecule has 0 aliphatic heterocycles. The molecular weight excluding hydrogens is 578 g/mol. The molecule has 208 valence electrons. The van der Waals surface area contributed by atoms with Gasteiger partial charge in [0.2, 0.25) is 11.8 Å². The number of nitrogens with one attached hydrogen (secondary N) is 1. The van der Waals surface area contributed by atoms with E-state index in [-0.39, 0.29) is 17.3 Å². The number of amides is 2. The summed E-state index contributed by atoms with van der Waals surface area (Å²) < 4.78 is 29.8. The van der Waals surface area contributed by atoms with Crippen LogP contribution in [0.25, 0.3) is 0 Å². The van der Waals surface area contributed by atoms with E-state index in [1.807, 2.05) is 58.0 Å². The van der Waals surface area contributed by atoms with Gasteiger partial charge in [0.1, 0.15) is 12.6 Å². The average Bonchev–Trinajstić information content (AvgIpc) is 2.90. The Kier molecular flexibility index (Phi) is 10.3. The Labute approximate surface area is 240 Å². The number of aryl methyl sites for hydroxylation is 3. The van der Waals surface area contributed by atoms with Crippen molar-refractivity contribution in [2.75, 3.05) is 17.4 Å². The number of anilines is 1. The van der Waals surface area contributed by atoms with E-state index < -0.39 is 28.5 Å². The maximum atomic E-state index is 13.9. The third kappa shape index (κ3) is 7.70. The Bertz CT molecular complexity index is 1420. The van der Waals surface area contributed by atoms with Crippen LogP contribution in [0.4, 0.5) is 5.69 Å². The molecular formula is C30H36BrN3O4S. The number of sulfonamides is 1. The van der Waals surface area contributed by atoms with Gasteiger partial charge in [-0.3, -0.25) is 13.9 Å². The van der Waals surface area contributed by atoms with Crippen molar-refractivity contribution in [1.82, 2.24) is 10.2 Å². The van der Waals surface area contributed by atoms with Crippen molar-refractivity contribution in [3.63, 3.8) is 0 Å². The minimum atomic E-state index is -4.09. The van der Waals surface area contributed by atoms with Crippen LogP contribution in [0.3, 0.4) is 0 Å². The molecule has 0 aliphatic rings. The molecule has 0 spiro atoms. The van der Waals surface area contributed by atoms with Crippen LogP contribution in [0.15, 0.2) is 76.1 Å². The summed E-state index contributed by atoms with van der Waals surface area (Å²) in [6.45, 7) is 9.51. The molecule has 0 fully saturated rings. The van der Waals surface area contributed by atoms with E-state index in [1.54, 1.807) is 43.3 Å². The van der Waals surface area contributed by atoms with E-state index in [2.05, 4.69) is 21.2 Å². The smallest absolute Gasteiger partial charge is 0.264 e. The van der Waals surface area contributed by atoms with Gasteiger partial charge in [-0.25, -0.2) is 8.42 Å². The summed E-state index contributed by atoms with van der Waals surface area (Å²) in [6.07, 6.45) is 0.757. The Morgan fingerprint density at radius 2 is 1.64 bits per heavy atom. The molecule has 3 rings (SSSR count). The van der Waals surface area contributed by atoms with Gasteiger partial charge >= 0.3 is 0 Å². The standard InChI is InChI=1S/C30H36BrN3O4S/c1-6-16-32-30(36)24(5)33(19-25-8-7-9-26(31)18-25)29(35)20-34(27-13-12-22(3)23(4)17-27)39(37,38)28-14-10-21(2)11-15-28/h7-15,17-18,24H,6,16,19-20H2,1-5H3,(H,32,36). The quantitative estimate of drug-likeness (QED) is 0.309. The molecule has 0 aromatic heterocycles. The summed E-state index contributed by atoms with van der Waals surface area (Å²) in [5.41, 5.74) is 4.04. The first-order chi connectivity index (χ1) is 18.4. The van der Waals surface area contributed by atoms with Crippen LogP contribution in [0, 0.1) is 20.8 Å². The number of benzene rings is 3. The maximum absolute atomic E-state index is 13.9. The third-order valence-electron chi connectivity index (χ3n) is 6.62. The molecule has 9 heteroatoms. The average molecular weight is 615 g/mol. The van der Waals surface area contributed by atoms with Crippen LogP contribution in [-0.4, -0.2) is 44.3 Å². The Balaban J connectivity index is 2.04. The molecule has 7 nitrogen and oxygen atoms in total. The molecule has 0 bridgehead atoms. The second kappa shape index (κ2) is 13.3. The van der Waals surface area contributed by atoms with Gasteiger partial charge in [-0.1, -0.05) is 58.7 Å². The minimum Gasteiger partial charge on any atom is -0.354 e. The largest absolute Gasteiger partial charge is 0.354 e. The highest BCUT2D eigenvalue weighted by Crippen LogP contribution is 2.27. The predicted octanol–water partition coefficient (Wildman–Crippen LogP) is 5.51. The van der Waals surface area contributed by atoms with Gasteiger partial charge in [0.15, 0.2) is 0 Å². The number of carbonyl (C=O) groups excluding carboxylic acids is 2. The second-order valence-corrected chi connectivity index (χ2v) is 12.5. The normalized spacial score (nSPS) is 12.1. The first-order valence-electron chi connectivity index (χ1n) is 12.9. The Morgan fingerprint density at radius 3 is 2.26 bits per heavy atom. The number of nitrogens with zero attached hydrogens (tertiary/aromatic N) is 2. The highest BCUT2D eigenvalue weighted by atomic mass is 79.9. The molecule has 1 N–H and O–H groups in total. The number of rotatable bonds is 11. The van der Waals surface area contributed by atoms with Gasteiger partial charge in [-0.05, 0) is 87.2 Å². The predicted molar refractivity (Wildman–Crippen MR) is 159 cm³/mol.